The average Bonchev–Trinajstić information content (AvgIpc) is 2.38. The van der Waals surface area contributed by atoms with Crippen molar-refractivity contribution in [2.45, 2.75) is 26.8 Å². The topological polar surface area (TPSA) is 83.1 Å². The maximum atomic E-state index is 12.1. The molecule has 0 saturated carbocycles. The molecular weight excluding hydrogens is 244 g/mol. The van der Waals surface area contributed by atoms with Gasteiger partial charge in [-0.15, -0.1) is 0 Å². The molecule has 6 heteroatoms. The number of hydrogen-bond donors (Lipinski definition) is 3. The fourth-order valence-electron chi connectivity index (χ4n) is 1.63. The molecule has 6 nitrogen and oxygen atoms in total. The summed E-state index contributed by atoms with van der Waals surface area (Å²) in [5.41, 5.74) is 1.98. The standard InChI is InChI=1S/C13H20N4O2/c1-5-15-11-6-8(2)16-7-10(11)13(19)17-9(3)12(18)14-4/h6-7,9H,5H2,1-4H3,(H,14,18)(H,15,16)(H,17,19). The molecule has 1 atom stereocenters. The van der Waals surface area contributed by atoms with Gasteiger partial charge in [-0.3, -0.25) is 14.6 Å². The number of carbonyl (C=O) groups excluding carboxylic acids is 2. The Kier molecular flexibility index (Phi) is 5.29. The van der Waals surface area contributed by atoms with E-state index in [4.69, 9.17) is 0 Å². The van der Waals surface area contributed by atoms with Gasteiger partial charge in [0.1, 0.15) is 6.04 Å². The highest BCUT2D eigenvalue weighted by Crippen LogP contribution is 2.15. The molecule has 1 aromatic heterocycles. The Balaban J connectivity index is 2.90. The Morgan fingerprint density at radius 3 is 2.68 bits per heavy atom. The van der Waals surface area contributed by atoms with Crippen LogP contribution in [0.2, 0.25) is 0 Å². The maximum Gasteiger partial charge on any atom is 0.255 e. The Labute approximate surface area is 113 Å². The van der Waals surface area contributed by atoms with Crippen molar-refractivity contribution in [2.24, 2.45) is 0 Å². The van der Waals surface area contributed by atoms with Crippen LogP contribution < -0.4 is 16.0 Å². The average molecular weight is 264 g/mol. The number of aryl methyl sites for hydroxylation is 1. The lowest BCUT2D eigenvalue weighted by Crippen LogP contribution is -2.43. The van der Waals surface area contributed by atoms with Gasteiger partial charge in [0, 0.05) is 25.5 Å². The Hall–Kier alpha value is -2.11. The summed E-state index contributed by atoms with van der Waals surface area (Å²) in [7, 11) is 1.53. The first-order chi connectivity index (χ1) is 8.99. The minimum absolute atomic E-state index is 0.238. The minimum Gasteiger partial charge on any atom is -0.385 e. The Morgan fingerprint density at radius 2 is 2.11 bits per heavy atom. The van der Waals surface area contributed by atoms with Gasteiger partial charge in [-0.2, -0.15) is 0 Å². The third-order valence-corrected chi connectivity index (χ3v) is 2.64. The van der Waals surface area contributed by atoms with Gasteiger partial charge in [-0.05, 0) is 26.8 Å². The number of pyridine rings is 1. The Bertz CT molecular complexity index is 474. The van der Waals surface area contributed by atoms with Crippen LogP contribution in [0.5, 0.6) is 0 Å². The van der Waals surface area contributed by atoms with Crippen molar-refractivity contribution in [3.05, 3.63) is 23.5 Å². The molecule has 1 heterocycles. The number of aromatic nitrogens is 1. The smallest absolute Gasteiger partial charge is 0.255 e. The lowest BCUT2D eigenvalue weighted by molar-refractivity contribution is -0.122. The molecule has 0 aromatic carbocycles. The summed E-state index contributed by atoms with van der Waals surface area (Å²) < 4.78 is 0. The van der Waals surface area contributed by atoms with Gasteiger partial charge < -0.3 is 16.0 Å². The maximum absolute atomic E-state index is 12.1. The highest BCUT2D eigenvalue weighted by molar-refractivity contribution is 6.01. The number of hydrogen-bond acceptors (Lipinski definition) is 4. The van der Waals surface area contributed by atoms with E-state index in [1.165, 1.54) is 13.2 Å². The van der Waals surface area contributed by atoms with E-state index in [1.807, 2.05) is 19.9 Å². The minimum atomic E-state index is -0.590. The summed E-state index contributed by atoms with van der Waals surface area (Å²) in [5.74, 6) is -0.557. The van der Waals surface area contributed by atoms with Crippen molar-refractivity contribution < 1.29 is 9.59 Å². The number of carbonyl (C=O) groups is 2. The largest absolute Gasteiger partial charge is 0.385 e. The molecule has 0 aliphatic heterocycles. The number of rotatable bonds is 5. The van der Waals surface area contributed by atoms with Crippen LogP contribution in [0.25, 0.3) is 0 Å². The first-order valence-corrected chi connectivity index (χ1v) is 6.22. The molecule has 19 heavy (non-hydrogen) atoms. The number of anilines is 1. The van der Waals surface area contributed by atoms with E-state index >= 15 is 0 Å². The lowest BCUT2D eigenvalue weighted by atomic mass is 10.1. The van der Waals surface area contributed by atoms with Gasteiger partial charge in [0.05, 0.1) is 11.3 Å². The SMILES string of the molecule is CCNc1cc(C)ncc1C(=O)NC(C)C(=O)NC. The van der Waals surface area contributed by atoms with Gasteiger partial charge in [0.25, 0.3) is 5.91 Å². The van der Waals surface area contributed by atoms with E-state index in [0.717, 1.165) is 11.4 Å². The van der Waals surface area contributed by atoms with Gasteiger partial charge in [0.2, 0.25) is 5.91 Å². The van der Waals surface area contributed by atoms with E-state index in [-0.39, 0.29) is 11.8 Å². The molecule has 1 aromatic rings. The summed E-state index contributed by atoms with van der Waals surface area (Å²) in [6, 6.07) is 1.22. The van der Waals surface area contributed by atoms with Crippen LogP contribution in [0.3, 0.4) is 0 Å². The first-order valence-electron chi connectivity index (χ1n) is 6.22. The molecule has 0 radical (unpaired) electrons. The van der Waals surface area contributed by atoms with Crippen molar-refractivity contribution in [1.82, 2.24) is 15.6 Å². The highest BCUT2D eigenvalue weighted by Gasteiger charge is 2.18. The summed E-state index contributed by atoms with van der Waals surface area (Å²) >= 11 is 0. The third-order valence-electron chi connectivity index (χ3n) is 2.64. The fourth-order valence-corrected chi connectivity index (χ4v) is 1.63. The normalized spacial score (nSPS) is 11.6. The molecule has 1 rings (SSSR count). The molecule has 0 saturated heterocycles. The van der Waals surface area contributed by atoms with E-state index in [1.54, 1.807) is 6.92 Å². The molecule has 2 amide bonds. The van der Waals surface area contributed by atoms with Gasteiger partial charge >= 0.3 is 0 Å². The Morgan fingerprint density at radius 1 is 1.42 bits per heavy atom. The molecule has 0 fully saturated rings. The monoisotopic (exact) mass is 264 g/mol. The summed E-state index contributed by atoms with van der Waals surface area (Å²) in [6.45, 7) is 6.14. The predicted molar refractivity (Wildman–Crippen MR) is 74.1 cm³/mol. The van der Waals surface area contributed by atoms with E-state index in [9.17, 15) is 9.59 Å². The zero-order valence-electron chi connectivity index (χ0n) is 11.7. The molecule has 0 aliphatic carbocycles. The second kappa shape index (κ2) is 6.72. The van der Waals surface area contributed by atoms with Gasteiger partial charge in [-0.25, -0.2) is 0 Å². The second-order valence-corrected chi connectivity index (χ2v) is 4.21. The van der Waals surface area contributed by atoms with Crippen molar-refractivity contribution in [3.63, 3.8) is 0 Å². The number of nitrogens with one attached hydrogen (secondary N) is 3. The van der Waals surface area contributed by atoms with Crippen LogP contribution in [0.4, 0.5) is 5.69 Å². The van der Waals surface area contributed by atoms with Crippen LogP contribution in [0.15, 0.2) is 12.3 Å². The van der Waals surface area contributed by atoms with Crippen LogP contribution in [0.1, 0.15) is 29.9 Å². The van der Waals surface area contributed by atoms with Crippen molar-refractivity contribution >= 4 is 17.5 Å². The van der Waals surface area contributed by atoms with E-state index in [0.29, 0.717) is 12.1 Å². The zero-order valence-corrected chi connectivity index (χ0v) is 11.7. The van der Waals surface area contributed by atoms with Crippen LogP contribution in [-0.2, 0) is 4.79 Å². The van der Waals surface area contributed by atoms with Crippen LogP contribution >= 0.6 is 0 Å². The molecule has 0 spiro atoms. The van der Waals surface area contributed by atoms with Crippen molar-refractivity contribution in [3.8, 4) is 0 Å². The van der Waals surface area contributed by atoms with E-state index in [2.05, 4.69) is 20.9 Å². The van der Waals surface area contributed by atoms with Crippen molar-refractivity contribution in [1.29, 1.82) is 0 Å². The van der Waals surface area contributed by atoms with Crippen LogP contribution in [-0.4, -0.2) is 36.4 Å². The van der Waals surface area contributed by atoms with Crippen LogP contribution in [0, 0.1) is 6.92 Å². The second-order valence-electron chi connectivity index (χ2n) is 4.21. The first kappa shape index (κ1) is 14.9. The highest BCUT2D eigenvalue weighted by atomic mass is 16.2. The van der Waals surface area contributed by atoms with Crippen molar-refractivity contribution in [2.75, 3.05) is 18.9 Å². The summed E-state index contributed by atoms with van der Waals surface area (Å²) in [6.07, 6.45) is 1.51. The predicted octanol–water partition coefficient (Wildman–Crippen LogP) is 0.686. The third kappa shape index (κ3) is 3.94. The molecule has 0 aliphatic rings. The quantitative estimate of drug-likeness (QED) is 0.730. The lowest BCUT2D eigenvalue weighted by Gasteiger charge is -2.15. The number of nitrogens with zero attached hydrogens (tertiary/aromatic N) is 1. The molecular formula is C13H20N4O2. The summed E-state index contributed by atoms with van der Waals surface area (Å²) in [5, 5.41) is 8.23. The number of likely N-dealkylation sites (N-methyl/N-ethyl adjacent to an activating group) is 1. The number of amides is 2. The van der Waals surface area contributed by atoms with Gasteiger partial charge in [0.15, 0.2) is 0 Å². The summed E-state index contributed by atoms with van der Waals surface area (Å²) in [4.78, 5) is 27.6. The zero-order chi connectivity index (χ0) is 14.4. The molecule has 0 bridgehead atoms. The molecule has 3 N–H and O–H groups in total. The fraction of sp³-hybridized carbons (Fsp3) is 0.462. The molecule has 1 unspecified atom stereocenters. The van der Waals surface area contributed by atoms with E-state index < -0.39 is 6.04 Å². The molecule has 104 valence electrons. The van der Waals surface area contributed by atoms with Gasteiger partial charge in [-0.1, -0.05) is 0 Å².